The first-order chi connectivity index (χ1) is 13.0. The van der Waals surface area contributed by atoms with E-state index in [2.05, 4.69) is 37.3 Å². The topological polar surface area (TPSA) is 128 Å². The first kappa shape index (κ1) is 21.9. The number of piperidine rings is 1. The molecule has 0 saturated carbocycles. The van der Waals surface area contributed by atoms with Gasteiger partial charge in [0.05, 0.1) is 17.2 Å². The fourth-order valence-electron chi connectivity index (χ4n) is 2.88. The van der Waals surface area contributed by atoms with Gasteiger partial charge < -0.3 is 20.1 Å². The van der Waals surface area contributed by atoms with Crippen molar-refractivity contribution in [2.45, 2.75) is 46.1 Å². The highest BCUT2D eigenvalue weighted by molar-refractivity contribution is 9.10. The van der Waals surface area contributed by atoms with Crippen LogP contribution in [0, 0.1) is 23.7 Å². The Morgan fingerprint density at radius 3 is 2.46 bits per heavy atom. The number of aryl methyl sites for hydroxylation is 1. The number of carboxylic acid groups (broad SMARTS) is 1. The number of carbonyl (C=O) groups excluding carboxylic acids is 1. The number of halogens is 1. The summed E-state index contributed by atoms with van der Waals surface area (Å²) >= 11 is 3.21. The van der Waals surface area contributed by atoms with E-state index in [0.29, 0.717) is 42.0 Å². The van der Waals surface area contributed by atoms with E-state index in [1.165, 1.54) is 0 Å². The Balaban J connectivity index is 2.08. The number of carboxylic acids is 1. The van der Waals surface area contributed by atoms with Gasteiger partial charge in [-0.05, 0) is 56.5 Å². The SMILES string of the molecule is Cc1nc(N2CCC(C#N)(CNC(=O)OC(C)(C)C)CC2)c(C(=O)O)nc1Br. The largest absolute Gasteiger partial charge is 0.476 e. The summed E-state index contributed by atoms with van der Waals surface area (Å²) in [6.45, 7) is 8.08. The third-order valence-electron chi connectivity index (χ3n) is 4.42. The molecule has 1 aliphatic rings. The zero-order chi connectivity index (χ0) is 21.1. The summed E-state index contributed by atoms with van der Waals surface area (Å²) in [5.74, 6) is -0.869. The summed E-state index contributed by atoms with van der Waals surface area (Å²) in [5, 5.41) is 21.8. The zero-order valence-electron chi connectivity index (χ0n) is 16.4. The van der Waals surface area contributed by atoms with E-state index in [-0.39, 0.29) is 12.2 Å². The fraction of sp³-hybridized carbons (Fsp3) is 0.611. The van der Waals surface area contributed by atoms with Gasteiger partial charge in [0.2, 0.25) is 0 Å². The maximum atomic E-state index is 11.9. The molecule has 1 saturated heterocycles. The number of hydrogen-bond donors (Lipinski definition) is 2. The minimum absolute atomic E-state index is 0.131. The average Bonchev–Trinajstić information content (AvgIpc) is 2.61. The van der Waals surface area contributed by atoms with Crippen molar-refractivity contribution in [1.29, 1.82) is 5.26 Å². The second kappa shape index (κ2) is 8.31. The van der Waals surface area contributed by atoms with Gasteiger partial charge in [-0.25, -0.2) is 19.6 Å². The molecule has 2 heterocycles. The Bertz CT molecular complexity index is 807. The molecule has 0 spiro atoms. The van der Waals surface area contributed by atoms with Crippen LogP contribution in [0.2, 0.25) is 0 Å². The standard InChI is InChI=1S/C18H24BrN5O4/c1-11-13(19)23-12(15(25)26)14(22-11)24-7-5-18(9-20,6-8-24)10-21-16(27)28-17(2,3)4/h5-8,10H2,1-4H3,(H,21,27)(H,25,26). The van der Waals surface area contributed by atoms with Gasteiger partial charge in [0, 0.05) is 19.6 Å². The number of carbonyl (C=O) groups is 2. The number of anilines is 1. The highest BCUT2D eigenvalue weighted by atomic mass is 79.9. The lowest BCUT2D eigenvalue weighted by Gasteiger charge is -2.38. The first-order valence-corrected chi connectivity index (χ1v) is 9.66. The lowest BCUT2D eigenvalue weighted by molar-refractivity contribution is 0.0504. The maximum Gasteiger partial charge on any atom is 0.407 e. The molecule has 1 aromatic heterocycles. The Hall–Kier alpha value is -2.41. The molecule has 1 amide bonds. The van der Waals surface area contributed by atoms with E-state index in [1.54, 1.807) is 27.7 Å². The third-order valence-corrected chi connectivity index (χ3v) is 5.17. The van der Waals surface area contributed by atoms with Crippen LogP contribution >= 0.6 is 15.9 Å². The molecule has 28 heavy (non-hydrogen) atoms. The Labute approximate surface area is 172 Å². The van der Waals surface area contributed by atoms with Crippen LogP contribution in [-0.2, 0) is 4.74 Å². The molecule has 2 rings (SSSR count). The highest BCUT2D eigenvalue weighted by Gasteiger charge is 2.37. The molecule has 0 radical (unpaired) electrons. The smallest absolute Gasteiger partial charge is 0.407 e. The summed E-state index contributed by atoms with van der Waals surface area (Å²) in [6.07, 6.45) is 0.344. The molecule has 0 aromatic carbocycles. The molecule has 0 atom stereocenters. The molecular weight excluding hydrogens is 430 g/mol. The Morgan fingerprint density at radius 1 is 1.36 bits per heavy atom. The van der Waals surface area contributed by atoms with Crippen molar-refractivity contribution in [1.82, 2.24) is 15.3 Å². The van der Waals surface area contributed by atoms with Gasteiger partial charge in [0.1, 0.15) is 10.2 Å². The Kier molecular flexibility index (Phi) is 6.49. The lowest BCUT2D eigenvalue weighted by Crippen LogP contribution is -2.47. The van der Waals surface area contributed by atoms with Crippen molar-refractivity contribution >= 4 is 33.8 Å². The van der Waals surface area contributed by atoms with Gasteiger partial charge in [0.25, 0.3) is 0 Å². The van der Waals surface area contributed by atoms with Crippen LogP contribution in [0.15, 0.2) is 4.60 Å². The molecule has 2 N–H and O–H groups in total. The third kappa shape index (κ3) is 5.32. The molecule has 10 heteroatoms. The predicted molar refractivity (Wildman–Crippen MR) is 105 cm³/mol. The summed E-state index contributed by atoms with van der Waals surface area (Å²) < 4.78 is 5.60. The van der Waals surface area contributed by atoms with Crippen LogP contribution < -0.4 is 10.2 Å². The first-order valence-electron chi connectivity index (χ1n) is 8.87. The summed E-state index contributed by atoms with van der Waals surface area (Å²) in [7, 11) is 0. The number of hydrogen-bond acceptors (Lipinski definition) is 7. The summed E-state index contributed by atoms with van der Waals surface area (Å²) in [5.41, 5.74) is -0.898. The van der Waals surface area contributed by atoms with Crippen molar-refractivity contribution in [3.8, 4) is 6.07 Å². The number of nitrogens with zero attached hydrogens (tertiary/aromatic N) is 4. The zero-order valence-corrected chi connectivity index (χ0v) is 18.0. The van der Waals surface area contributed by atoms with Crippen LogP contribution in [0.25, 0.3) is 0 Å². The second-order valence-electron chi connectivity index (χ2n) is 7.81. The van der Waals surface area contributed by atoms with Crippen molar-refractivity contribution < 1.29 is 19.4 Å². The summed E-state index contributed by atoms with van der Waals surface area (Å²) in [6, 6.07) is 2.31. The number of aromatic nitrogens is 2. The Morgan fingerprint density at radius 2 is 1.96 bits per heavy atom. The van der Waals surface area contributed by atoms with Crippen molar-refractivity contribution in [3.05, 3.63) is 16.0 Å². The van der Waals surface area contributed by atoms with Gasteiger partial charge in [0.15, 0.2) is 11.5 Å². The van der Waals surface area contributed by atoms with E-state index in [0.717, 1.165) is 0 Å². The molecule has 0 aliphatic carbocycles. The van der Waals surface area contributed by atoms with E-state index < -0.39 is 23.1 Å². The second-order valence-corrected chi connectivity index (χ2v) is 8.56. The van der Waals surface area contributed by atoms with Crippen LogP contribution in [0.1, 0.15) is 49.8 Å². The molecule has 1 aromatic rings. The van der Waals surface area contributed by atoms with Gasteiger partial charge >= 0.3 is 12.1 Å². The number of aromatic carboxylic acids is 1. The molecular formula is C18H24BrN5O4. The molecule has 1 aliphatic heterocycles. The van der Waals surface area contributed by atoms with Gasteiger partial charge in [-0.15, -0.1) is 0 Å². The van der Waals surface area contributed by atoms with Crippen LogP contribution in [-0.4, -0.2) is 52.4 Å². The molecule has 1 fully saturated rings. The van der Waals surface area contributed by atoms with Gasteiger partial charge in [-0.2, -0.15) is 5.26 Å². The van der Waals surface area contributed by atoms with Crippen molar-refractivity contribution in [2.24, 2.45) is 5.41 Å². The number of amides is 1. The summed E-state index contributed by atoms with van der Waals surface area (Å²) in [4.78, 5) is 33.7. The minimum atomic E-state index is -1.16. The number of ether oxygens (including phenoxy) is 1. The molecule has 0 bridgehead atoms. The van der Waals surface area contributed by atoms with E-state index in [4.69, 9.17) is 4.74 Å². The quantitative estimate of drug-likeness (QED) is 0.711. The molecule has 0 unspecified atom stereocenters. The fourth-order valence-corrected chi connectivity index (χ4v) is 3.15. The van der Waals surface area contributed by atoms with Crippen molar-refractivity contribution in [2.75, 3.05) is 24.5 Å². The number of rotatable bonds is 4. The monoisotopic (exact) mass is 453 g/mol. The minimum Gasteiger partial charge on any atom is -0.476 e. The number of alkyl carbamates (subject to hydrolysis) is 1. The highest BCUT2D eigenvalue weighted by Crippen LogP contribution is 2.33. The van der Waals surface area contributed by atoms with Gasteiger partial charge in [-0.1, -0.05) is 0 Å². The number of nitriles is 1. The maximum absolute atomic E-state index is 11.9. The predicted octanol–water partition coefficient (Wildman–Crippen LogP) is 2.88. The van der Waals surface area contributed by atoms with Crippen LogP contribution in [0.5, 0.6) is 0 Å². The normalized spacial score (nSPS) is 16.2. The van der Waals surface area contributed by atoms with E-state index >= 15 is 0 Å². The van der Waals surface area contributed by atoms with E-state index in [1.807, 2.05) is 4.90 Å². The number of nitrogens with one attached hydrogen (secondary N) is 1. The lowest BCUT2D eigenvalue weighted by atomic mass is 9.79. The van der Waals surface area contributed by atoms with Gasteiger partial charge in [-0.3, -0.25) is 0 Å². The van der Waals surface area contributed by atoms with Crippen LogP contribution in [0.4, 0.5) is 10.6 Å². The van der Waals surface area contributed by atoms with E-state index in [9.17, 15) is 20.0 Å². The average molecular weight is 454 g/mol. The van der Waals surface area contributed by atoms with Crippen molar-refractivity contribution in [3.63, 3.8) is 0 Å². The molecule has 9 nitrogen and oxygen atoms in total. The van der Waals surface area contributed by atoms with Crippen LogP contribution in [0.3, 0.4) is 0 Å². The molecule has 152 valence electrons.